The topological polar surface area (TPSA) is 63.6 Å². The number of allylic oxidation sites excluding steroid dienone is 1. The lowest BCUT2D eigenvalue weighted by molar-refractivity contribution is 1.14. The van der Waals surface area contributed by atoms with Crippen LogP contribution in [0.5, 0.6) is 0 Å². The number of rotatable bonds is 3. The number of aliphatic imine (C=N–C) groups is 2. The maximum absolute atomic E-state index is 5.48. The average molecular weight is 242 g/mol. The van der Waals surface area contributed by atoms with E-state index in [-0.39, 0.29) is 5.96 Å². The fourth-order valence-corrected chi connectivity index (χ4v) is 1.39. The second-order valence-corrected chi connectivity index (χ2v) is 4.01. The molecule has 1 aromatic rings. The average Bonchev–Trinajstić information content (AvgIpc) is 2.34. The van der Waals surface area contributed by atoms with Gasteiger partial charge in [-0.3, -0.25) is 4.98 Å². The van der Waals surface area contributed by atoms with E-state index in [0.717, 1.165) is 22.4 Å². The largest absolute Gasteiger partial charge is 0.368 e. The Balaban J connectivity index is 3.06. The molecule has 2 N–H and O–H groups in total. The highest BCUT2D eigenvalue weighted by Gasteiger charge is 2.01. The normalized spacial score (nSPS) is 12.4. The van der Waals surface area contributed by atoms with Gasteiger partial charge in [0.15, 0.2) is 0 Å². The molecule has 1 heterocycles. The van der Waals surface area contributed by atoms with E-state index in [0.29, 0.717) is 5.70 Å². The van der Waals surface area contributed by atoms with Gasteiger partial charge in [0, 0.05) is 11.9 Å². The van der Waals surface area contributed by atoms with E-state index in [4.69, 9.17) is 5.73 Å². The van der Waals surface area contributed by atoms with Crippen LogP contribution in [0.2, 0.25) is 0 Å². The molecule has 1 aromatic heterocycles. The minimum atomic E-state index is 0.121. The third-order valence-corrected chi connectivity index (χ3v) is 2.74. The molecule has 0 unspecified atom stereocenters. The number of aromatic nitrogens is 1. The molecule has 0 saturated heterocycles. The number of guanidine groups is 1. The molecule has 4 heteroatoms. The third kappa shape index (κ3) is 3.38. The predicted molar refractivity (Wildman–Crippen MR) is 77.7 cm³/mol. The van der Waals surface area contributed by atoms with Crippen molar-refractivity contribution in [2.75, 3.05) is 0 Å². The van der Waals surface area contributed by atoms with Gasteiger partial charge in [0.25, 0.3) is 0 Å². The van der Waals surface area contributed by atoms with Crippen molar-refractivity contribution in [2.45, 2.75) is 20.8 Å². The van der Waals surface area contributed by atoms with Gasteiger partial charge in [-0.2, -0.15) is 0 Å². The Hall–Kier alpha value is -2.23. The van der Waals surface area contributed by atoms with Crippen molar-refractivity contribution in [3.63, 3.8) is 0 Å². The molecule has 0 fully saturated rings. The van der Waals surface area contributed by atoms with Gasteiger partial charge in [0.2, 0.25) is 5.96 Å². The standard InChI is InChI=1S/C14H18N4/c1-9(11(3)18-14(15)16-5)8-13-6-7-17-12(4)10(13)2/h6-8H,3,5H2,1-2,4H3,(H2,15,18)/b9-8+. The van der Waals surface area contributed by atoms with Crippen molar-refractivity contribution >= 4 is 18.8 Å². The Morgan fingerprint density at radius 2 is 2.11 bits per heavy atom. The Morgan fingerprint density at radius 1 is 1.44 bits per heavy atom. The van der Waals surface area contributed by atoms with E-state index in [1.165, 1.54) is 0 Å². The molecule has 0 radical (unpaired) electrons. The van der Waals surface area contributed by atoms with Crippen LogP contribution >= 0.6 is 0 Å². The van der Waals surface area contributed by atoms with Crippen LogP contribution in [0, 0.1) is 13.8 Å². The zero-order chi connectivity index (χ0) is 13.7. The Labute approximate surface area is 108 Å². The quantitative estimate of drug-likeness (QED) is 0.503. The molecule has 4 nitrogen and oxygen atoms in total. The summed E-state index contributed by atoms with van der Waals surface area (Å²) in [6.07, 6.45) is 3.79. The summed E-state index contributed by atoms with van der Waals surface area (Å²) in [7, 11) is 0. The fourth-order valence-electron chi connectivity index (χ4n) is 1.39. The molecule has 0 aliphatic carbocycles. The minimum Gasteiger partial charge on any atom is -0.368 e. The van der Waals surface area contributed by atoms with Crippen LogP contribution in [0.3, 0.4) is 0 Å². The van der Waals surface area contributed by atoms with Crippen LogP contribution in [-0.2, 0) is 0 Å². The van der Waals surface area contributed by atoms with Crippen molar-refractivity contribution in [1.29, 1.82) is 0 Å². The van der Waals surface area contributed by atoms with Gasteiger partial charge in [-0.1, -0.05) is 6.58 Å². The first-order valence-corrected chi connectivity index (χ1v) is 5.56. The molecule has 0 bridgehead atoms. The molecule has 18 heavy (non-hydrogen) atoms. The molecule has 0 aliphatic heterocycles. The van der Waals surface area contributed by atoms with Crippen LogP contribution in [0.15, 0.2) is 40.1 Å². The van der Waals surface area contributed by atoms with Gasteiger partial charge in [0.1, 0.15) is 0 Å². The first-order valence-electron chi connectivity index (χ1n) is 5.56. The summed E-state index contributed by atoms with van der Waals surface area (Å²) in [5.74, 6) is 0.121. The van der Waals surface area contributed by atoms with E-state index in [1.807, 2.05) is 32.9 Å². The molecule has 94 valence electrons. The zero-order valence-corrected chi connectivity index (χ0v) is 11.1. The molecule has 0 atom stereocenters. The molecule has 0 spiro atoms. The first kappa shape index (κ1) is 13.8. The van der Waals surface area contributed by atoms with Gasteiger partial charge >= 0.3 is 0 Å². The van der Waals surface area contributed by atoms with E-state index in [9.17, 15) is 0 Å². The maximum atomic E-state index is 5.48. The lowest BCUT2D eigenvalue weighted by Gasteiger charge is -2.05. The number of hydrogen-bond acceptors (Lipinski definition) is 2. The van der Waals surface area contributed by atoms with E-state index < -0.39 is 0 Å². The third-order valence-electron chi connectivity index (χ3n) is 2.74. The minimum absolute atomic E-state index is 0.121. The van der Waals surface area contributed by atoms with Crippen LogP contribution in [-0.4, -0.2) is 17.7 Å². The van der Waals surface area contributed by atoms with Gasteiger partial charge < -0.3 is 5.73 Å². The molecule has 0 amide bonds. The monoisotopic (exact) mass is 242 g/mol. The van der Waals surface area contributed by atoms with Crippen LogP contribution < -0.4 is 5.73 Å². The summed E-state index contributed by atoms with van der Waals surface area (Å²) < 4.78 is 0. The second kappa shape index (κ2) is 5.91. The maximum Gasteiger partial charge on any atom is 0.219 e. The number of nitrogens with two attached hydrogens (primary N) is 1. The Morgan fingerprint density at radius 3 is 2.72 bits per heavy atom. The van der Waals surface area contributed by atoms with Gasteiger partial charge in [-0.25, -0.2) is 9.98 Å². The molecule has 0 aromatic carbocycles. The van der Waals surface area contributed by atoms with Gasteiger partial charge in [0.05, 0.1) is 5.70 Å². The summed E-state index contributed by atoms with van der Waals surface area (Å²) in [6, 6.07) is 1.96. The fraction of sp³-hybridized carbons (Fsp3) is 0.214. The number of nitrogens with zero attached hydrogens (tertiary/aromatic N) is 3. The van der Waals surface area contributed by atoms with Crippen molar-refractivity contribution < 1.29 is 0 Å². The summed E-state index contributed by atoms with van der Waals surface area (Å²) >= 11 is 0. The molecular weight excluding hydrogens is 224 g/mol. The number of aryl methyl sites for hydroxylation is 1. The zero-order valence-electron chi connectivity index (χ0n) is 11.1. The van der Waals surface area contributed by atoms with E-state index in [1.54, 1.807) is 6.20 Å². The van der Waals surface area contributed by atoms with Gasteiger partial charge in [-0.15, -0.1) is 0 Å². The van der Waals surface area contributed by atoms with Crippen molar-refractivity contribution in [1.82, 2.24) is 4.98 Å². The molecule has 0 saturated carbocycles. The van der Waals surface area contributed by atoms with E-state index in [2.05, 4.69) is 28.3 Å². The first-order chi connectivity index (χ1) is 8.45. The SMILES string of the molecule is C=NC(N)=NC(=C)/C(C)=C/c1ccnc(C)c1C. The summed E-state index contributed by atoms with van der Waals surface area (Å²) in [5, 5.41) is 0. The Bertz CT molecular complexity index is 539. The van der Waals surface area contributed by atoms with Crippen molar-refractivity contribution in [3.05, 3.63) is 46.9 Å². The molecular formula is C14H18N4. The van der Waals surface area contributed by atoms with Crippen LogP contribution in [0.25, 0.3) is 6.08 Å². The van der Waals surface area contributed by atoms with Crippen LogP contribution in [0.4, 0.5) is 0 Å². The van der Waals surface area contributed by atoms with E-state index >= 15 is 0 Å². The van der Waals surface area contributed by atoms with Crippen molar-refractivity contribution in [2.24, 2.45) is 15.7 Å². The number of pyridine rings is 1. The molecule has 0 aliphatic rings. The highest BCUT2D eigenvalue weighted by atomic mass is 15.0. The lowest BCUT2D eigenvalue weighted by atomic mass is 10.1. The second-order valence-electron chi connectivity index (χ2n) is 4.01. The van der Waals surface area contributed by atoms with Crippen molar-refractivity contribution in [3.8, 4) is 0 Å². The number of hydrogen-bond donors (Lipinski definition) is 1. The Kier molecular flexibility index (Phi) is 4.54. The lowest BCUT2D eigenvalue weighted by Crippen LogP contribution is -2.07. The highest BCUT2D eigenvalue weighted by molar-refractivity contribution is 5.83. The summed E-state index contributed by atoms with van der Waals surface area (Å²) in [5.41, 5.74) is 10.2. The highest BCUT2D eigenvalue weighted by Crippen LogP contribution is 2.17. The summed E-state index contributed by atoms with van der Waals surface area (Å²) in [4.78, 5) is 11.8. The molecule has 1 rings (SSSR count). The van der Waals surface area contributed by atoms with Crippen LogP contribution in [0.1, 0.15) is 23.7 Å². The van der Waals surface area contributed by atoms with Gasteiger partial charge in [-0.05, 0) is 56.3 Å². The summed E-state index contributed by atoms with van der Waals surface area (Å²) in [6.45, 7) is 13.1. The predicted octanol–water partition coefficient (Wildman–Crippen LogP) is 2.63. The smallest absolute Gasteiger partial charge is 0.219 e.